The zero-order valence-electron chi connectivity index (χ0n) is 16.7. The molecule has 9 nitrogen and oxygen atoms in total. The summed E-state index contributed by atoms with van der Waals surface area (Å²) in [5.41, 5.74) is 11.9. The first kappa shape index (κ1) is 21.3. The molecule has 3 aromatic rings. The second kappa shape index (κ2) is 9.40. The van der Waals surface area contributed by atoms with E-state index in [9.17, 15) is 14.4 Å². The third kappa shape index (κ3) is 5.15. The van der Waals surface area contributed by atoms with Crippen LogP contribution in [0.5, 0.6) is 0 Å². The quantitative estimate of drug-likeness (QED) is 0.272. The fourth-order valence-corrected chi connectivity index (χ4v) is 3.02. The first-order valence-corrected chi connectivity index (χ1v) is 9.27. The number of esters is 1. The maximum Gasteiger partial charge on any atom is 0.340 e. The summed E-state index contributed by atoms with van der Waals surface area (Å²) in [6.07, 6.45) is 0. The summed E-state index contributed by atoms with van der Waals surface area (Å²) < 4.78 is 4.87. The van der Waals surface area contributed by atoms with E-state index in [1.807, 2.05) is 12.1 Å². The average Bonchev–Trinajstić information content (AvgIpc) is 2.76. The van der Waals surface area contributed by atoms with Crippen LogP contribution in [-0.4, -0.2) is 37.4 Å². The molecule has 6 N–H and O–H groups in total. The molecule has 0 saturated heterocycles. The smallest absolute Gasteiger partial charge is 0.340 e. The Labute approximate surface area is 178 Å². The lowest BCUT2D eigenvalue weighted by molar-refractivity contribution is -0.115. The molecule has 0 heterocycles. The predicted octanol–water partition coefficient (Wildman–Crippen LogP) is 1.90. The van der Waals surface area contributed by atoms with Gasteiger partial charge in [0.2, 0.25) is 5.91 Å². The van der Waals surface area contributed by atoms with Crippen LogP contribution in [0.3, 0.4) is 0 Å². The number of nitrogens with zero attached hydrogens (tertiary/aromatic N) is 1. The minimum Gasteiger partial charge on any atom is -0.465 e. The van der Waals surface area contributed by atoms with E-state index >= 15 is 0 Å². The van der Waals surface area contributed by atoms with E-state index in [0.717, 1.165) is 5.39 Å². The Kier molecular flexibility index (Phi) is 6.46. The van der Waals surface area contributed by atoms with Crippen molar-refractivity contribution in [2.75, 3.05) is 19.0 Å². The SMILES string of the molecule is COC(=O)c1c(NC(=O)CNC(=O)c2cccc(N=C(N)N)c2)ccc2ccccc12. The molecule has 0 aliphatic rings. The van der Waals surface area contributed by atoms with Gasteiger partial charge in [-0.15, -0.1) is 0 Å². The van der Waals surface area contributed by atoms with Crippen LogP contribution in [0.15, 0.2) is 65.7 Å². The number of methoxy groups -OCH3 is 1. The van der Waals surface area contributed by atoms with Gasteiger partial charge < -0.3 is 26.8 Å². The number of anilines is 1. The van der Waals surface area contributed by atoms with Crippen LogP contribution in [0.2, 0.25) is 0 Å². The third-order valence-electron chi connectivity index (χ3n) is 4.37. The van der Waals surface area contributed by atoms with E-state index < -0.39 is 17.8 Å². The molecule has 3 rings (SSSR count). The molecule has 0 spiro atoms. The second-order valence-corrected chi connectivity index (χ2v) is 6.52. The zero-order valence-corrected chi connectivity index (χ0v) is 16.7. The maximum absolute atomic E-state index is 12.4. The zero-order chi connectivity index (χ0) is 22.4. The molecule has 0 bridgehead atoms. The van der Waals surface area contributed by atoms with E-state index in [1.54, 1.807) is 42.5 Å². The van der Waals surface area contributed by atoms with Crippen molar-refractivity contribution in [2.45, 2.75) is 0 Å². The Morgan fingerprint density at radius 3 is 2.52 bits per heavy atom. The van der Waals surface area contributed by atoms with Gasteiger partial charge in [-0.3, -0.25) is 9.59 Å². The molecule has 0 unspecified atom stereocenters. The molecule has 3 aromatic carbocycles. The van der Waals surface area contributed by atoms with Crippen LogP contribution >= 0.6 is 0 Å². The molecule has 0 aliphatic carbocycles. The average molecular weight is 419 g/mol. The van der Waals surface area contributed by atoms with Crippen LogP contribution < -0.4 is 22.1 Å². The minimum absolute atomic E-state index is 0.131. The number of hydrogen-bond donors (Lipinski definition) is 4. The highest BCUT2D eigenvalue weighted by atomic mass is 16.5. The molecule has 9 heteroatoms. The number of carbonyl (C=O) groups excluding carboxylic acids is 3. The van der Waals surface area contributed by atoms with Crippen molar-refractivity contribution < 1.29 is 19.1 Å². The number of fused-ring (bicyclic) bond motifs is 1. The van der Waals surface area contributed by atoms with E-state index in [1.165, 1.54) is 13.2 Å². The fourth-order valence-electron chi connectivity index (χ4n) is 3.02. The molecule has 2 amide bonds. The molecular weight excluding hydrogens is 398 g/mol. The summed E-state index contributed by atoms with van der Waals surface area (Å²) in [7, 11) is 1.27. The number of ether oxygens (including phenoxy) is 1. The summed E-state index contributed by atoms with van der Waals surface area (Å²) in [4.78, 5) is 41.0. The maximum atomic E-state index is 12.4. The van der Waals surface area contributed by atoms with Crippen molar-refractivity contribution >= 4 is 45.9 Å². The van der Waals surface area contributed by atoms with Crippen LogP contribution in [0.4, 0.5) is 11.4 Å². The number of benzene rings is 3. The van der Waals surface area contributed by atoms with Gasteiger partial charge in [0.25, 0.3) is 5.91 Å². The fraction of sp³-hybridized carbons (Fsp3) is 0.0909. The Balaban J connectivity index is 1.73. The predicted molar refractivity (Wildman–Crippen MR) is 118 cm³/mol. The Morgan fingerprint density at radius 2 is 1.77 bits per heavy atom. The van der Waals surface area contributed by atoms with Gasteiger partial charge in [0, 0.05) is 5.56 Å². The first-order valence-electron chi connectivity index (χ1n) is 9.27. The number of rotatable bonds is 6. The highest BCUT2D eigenvalue weighted by Gasteiger charge is 2.18. The molecular formula is C22H21N5O4. The monoisotopic (exact) mass is 419 g/mol. The molecule has 0 aromatic heterocycles. The summed E-state index contributed by atoms with van der Waals surface area (Å²) in [6, 6.07) is 17.0. The van der Waals surface area contributed by atoms with Gasteiger partial charge >= 0.3 is 5.97 Å². The van der Waals surface area contributed by atoms with Crippen LogP contribution in [0, 0.1) is 0 Å². The largest absolute Gasteiger partial charge is 0.465 e. The highest BCUT2D eigenvalue weighted by Crippen LogP contribution is 2.27. The number of carbonyl (C=O) groups is 3. The molecule has 0 fully saturated rings. The third-order valence-corrected chi connectivity index (χ3v) is 4.37. The van der Waals surface area contributed by atoms with Crippen molar-refractivity contribution in [3.8, 4) is 0 Å². The van der Waals surface area contributed by atoms with Crippen LogP contribution in [-0.2, 0) is 9.53 Å². The van der Waals surface area contributed by atoms with E-state index in [4.69, 9.17) is 16.2 Å². The number of guanidine groups is 1. The highest BCUT2D eigenvalue weighted by molar-refractivity contribution is 6.12. The van der Waals surface area contributed by atoms with E-state index in [0.29, 0.717) is 16.8 Å². The minimum atomic E-state index is -0.576. The van der Waals surface area contributed by atoms with Crippen molar-refractivity contribution in [2.24, 2.45) is 16.5 Å². The first-order chi connectivity index (χ1) is 14.9. The summed E-state index contributed by atoms with van der Waals surface area (Å²) >= 11 is 0. The number of hydrogen-bond acceptors (Lipinski definition) is 5. The Hall–Kier alpha value is -4.40. The Bertz CT molecular complexity index is 1190. The molecule has 0 saturated carbocycles. The van der Waals surface area contributed by atoms with Gasteiger partial charge in [0.1, 0.15) is 0 Å². The number of nitrogens with one attached hydrogen (secondary N) is 2. The second-order valence-electron chi connectivity index (χ2n) is 6.52. The van der Waals surface area contributed by atoms with Crippen LogP contribution in [0.1, 0.15) is 20.7 Å². The van der Waals surface area contributed by atoms with Gasteiger partial charge in [-0.05, 0) is 35.0 Å². The lowest BCUT2D eigenvalue weighted by atomic mass is 10.0. The van der Waals surface area contributed by atoms with Gasteiger partial charge in [0.05, 0.1) is 30.6 Å². The Morgan fingerprint density at radius 1 is 1.00 bits per heavy atom. The van der Waals surface area contributed by atoms with E-state index in [2.05, 4.69) is 15.6 Å². The molecule has 0 atom stereocenters. The van der Waals surface area contributed by atoms with Gasteiger partial charge in [-0.1, -0.05) is 36.4 Å². The molecule has 0 radical (unpaired) electrons. The van der Waals surface area contributed by atoms with Crippen LogP contribution in [0.25, 0.3) is 10.8 Å². The normalized spacial score (nSPS) is 10.2. The number of nitrogens with two attached hydrogens (primary N) is 2. The summed E-state index contributed by atoms with van der Waals surface area (Å²) in [5.74, 6) is -1.69. The van der Waals surface area contributed by atoms with Gasteiger partial charge in [-0.2, -0.15) is 0 Å². The lowest BCUT2D eigenvalue weighted by Gasteiger charge is -2.13. The lowest BCUT2D eigenvalue weighted by Crippen LogP contribution is -2.33. The van der Waals surface area contributed by atoms with Crippen molar-refractivity contribution in [3.63, 3.8) is 0 Å². The standard InChI is InChI=1S/C22H21N5O4/c1-31-21(30)19-16-8-3-2-5-13(16)9-10-17(19)27-18(28)12-25-20(29)14-6-4-7-15(11-14)26-22(23)24/h2-11H,12H2,1H3,(H,25,29)(H,27,28)(H4,23,24,26). The van der Waals surface area contributed by atoms with Gasteiger partial charge in [0.15, 0.2) is 5.96 Å². The summed E-state index contributed by atoms with van der Waals surface area (Å²) in [5, 5.41) is 6.65. The molecule has 158 valence electrons. The number of aliphatic imine (C=N–C) groups is 1. The van der Waals surface area contributed by atoms with Crippen molar-refractivity contribution in [3.05, 3.63) is 71.8 Å². The summed E-state index contributed by atoms with van der Waals surface area (Å²) in [6.45, 7) is -0.307. The van der Waals surface area contributed by atoms with Gasteiger partial charge in [-0.25, -0.2) is 9.79 Å². The number of amides is 2. The van der Waals surface area contributed by atoms with Crippen molar-refractivity contribution in [1.29, 1.82) is 0 Å². The molecule has 31 heavy (non-hydrogen) atoms. The van der Waals surface area contributed by atoms with E-state index in [-0.39, 0.29) is 23.6 Å². The topological polar surface area (TPSA) is 149 Å². The van der Waals surface area contributed by atoms with Crippen molar-refractivity contribution in [1.82, 2.24) is 5.32 Å². The molecule has 0 aliphatic heterocycles.